The van der Waals surface area contributed by atoms with E-state index in [1.165, 1.54) is 19.3 Å². The van der Waals surface area contributed by atoms with Crippen LogP contribution in [-0.2, 0) is 0 Å². The van der Waals surface area contributed by atoms with Gasteiger partial charge in [0.15, 0.2) is 0 Å². The second kappa shape index (κ2) is 6.05. The fourth-order valence-electron chi connectivity index (χ4n) is 1.14. The molecule has 0 aromatic carbocycles. The van der Waals surface area contributed by atoms with E-state index in [2.05, 4.69) is 43.6 Å². The topological polar surface area (TPSA) is 0 Å². The fourth-order valence-corrected chi connectivity index (χ4v) is 2.16. The van der Waals surface area contributed by atoms with Gasteiger partial charge in [-0.15, -0.1) is 0 Å². The van der Waals surface area contributed by atoms with Gasteiger partial charge in [0.05, 0.1) is 0 Å². The number of alkyl halides is 1. The smallest absolute Gasteiger partial charge is 0.0148 e. The standard InChI is InChI=1S/C10H21Br/c1-8(2)5-6-10(11)7-9(3)4/h8-10H,5-7H2,1-4H3. The maximum absolute atomic E-state index is 3.71. The van der Waals surface area contributed by atoms with Gasteiger partial charge in [0.1, 0.15) is 0 Å². The molecule has 0 bridgehead atoms. The zero-order valence-corrected chi connectivity index (χ0v) is 9.82. The molecule has 1 heteroatoms. The van der Waals surface area contributed by atoms with Gasteiger partial charge in [-0.2, -0.15) is 0 Å². The normalized spacial score (nSPS) is 14.5. The second-order valence-corrected chi connectivity index (χ2v) is 5.49. The zero-order chi connectivity index (χ0) is 8.85. The van der Waals surface area contributed by atoms with Crippen molar-refractivity contribution in [1.82, 2.24) is 0 Å². The molecular weight excluding hydrogens is 200 g/mol. The van der Waals surface area contributed by atoms with E-state index in [9.17, 15) is 0 Å². The number of hydrogen-bond acceptors (Lipinski definition) is 0. The molecule has 0 amide bonds. The van der Waals surface area contributed by atoms with Crippen molar-refractivity contribution in [3.63, 3.8) is 0 Å². The Morgan fingerprint density at radius 2 is 1.45 bits per heavy atom. The Morgan fingerprint density at radius 3 is 1.82 bits per heavy atom. The van der Waals surface area contributed by atoms with Gasteiger partial charge in [-0.25, -0.2) is 0 Å². The van der Waals surface area contributed by atoms with Crippen LogP contribution in [0.5, 0.6) is 0 Å². The van der Waals surface area contributed by atoms with Crippen LogP contribution in [0.1, 0.15) is 47.0 Å². The van der Waals surface area contributed by atoms with Crippen LogP contribution >= 0.6 is 15.9 Å². The minimum atomic E-state index is 0.741. The third-order valence-corrected chi connectivity index (χ3v) is 2.62. The molecule has 1 atom stereocenters. The molecule has 0 aromatic rings. The maximum Gasteiger partial charge on any atom is 0.0148 e. The molecule has 68 valence electrons. The van der Waals surface area contributed by atoms with E-state index in [4.69, 9.17) is 0 Å². The lowest BCUT2D eigenvalue weighted by molar-refractivity contribution is 0.497. The molecule has 0 aromatic heterocycles. The second-order valence-electron chi connectivity index (χ2n) is 4.20. The van der Waals surface area contributed by atoms with Crippen LogP contribution in [0.15, 0.2) is 0 Å². The predicted molar refractivity (Wildman–Crippen MR) is 56.2 cm³/mol. The molecule has 0 aliphatic heterocycles. The highest BCUT2D eigenvalue weighted by Crippen LogP contribution is 2.19. The Balaban J connectivity index is 3.29. The van der Waals surface area contributed by atoms with E-state index >= 15 is 0 Å². The lowest BCUT2D eigenvalue weighted by Gasteiger charge is -2.13. The minimum absolute atomic E-state index is 0.741. The first-order valence-electron chi connectivity index (χ1n) is 4.66. The molecule has 0 aliphatic rings. The zero-order valence-electron chi connectivity index (χ0n) is 8.23. The van der Waals surface area contributed by atoms with E-state index in [0.717, 1.165) is 16.7 Å². The first-order valence-corrected chi connectivity index (χ1v) is 5.58. The van der Waals surface area contributed by atoms with Crippen LogP contribution in [-0.4, -0.2) is 4.83 Å². The van der Waals surface area contributed by atoms with E-state index in [1.807, 2.05) is 0 Å². The fraction of sp³-hybridized carbons (Fsp3) is 1.00. The van der Waals surface area contributed by atoms with Crippen LogP contribution in [0.4, 0.5) is 0 Å². The van der Waals surface area contributed by atoms with Gasteiger partial charge >= 0.3 is 0 Å². The van der Waals surface area contributed by atoms with Crippen LogP contribution < -0.4 is 0 Å². The molecule has 0 radical (unpaired) electrons. The Morgan fingerprint density at radius 1 is 0.909 bits per heavy atom. The van der Waals surface area contributed by atoms with Gasteiger partial charge in [-0.3, -0.25) is 0 Å². The summed E-state index contributed by atoms with van der Waals surface area (Å²) in [4.78, 5) is 0.741. The molecule has 0 N–H and O–H groups in total. The highest BCUT2D eigenvalue weighted by molar-refractivity contribution is 9.09. The summed E-state index contributed by atoms with van der Waals surface area (Å²) >= 11 is 3.71. The highest BCUT2D eigenvalue weighted by atomic mass is 79.9. The summed E-state index contributed by atoms with van der Waals surface area (Å²) in [6.45, 7) is 9.14. The van der Waals surface area contributed by atoms with Gasteiger partial charge in [0, 0.05) is 4.83 Å². The van der Waals surface area contributed by atoms with Crippen molar-refractivity contribution in [2.45, 2.75) is 51.8 Å². The van der Waals surface area contributed by atoms with E-state index in [1.54, 1.807) is 0 Å². The molecule has 0 fully saturated rings. The Hall–Kier alpha value is 0.480. The number of rotatable bonds is 5. The Kier molecular flexibility index (Phi) is 6.31. The van der Waals surface area contributed by atoms with Gasteiger partial charge in [0.2, 0.25) is 0 Å². The third-order valence-electron chi connectivity index (χ3n) is 1.78. The molecule has 0 spiro atoms. The summed E-state index contributed by atoms with van der Waals surface area (Å²) < 4.78 is 0. The molecule has 1 unspecified atom stereocenters. The maximum atomic E-state index is 3.71. The first-order chi connectivity index (χ1) is 5.02. The molecule has 0 aliphatic carbocycles. The van der Waals surface area contributed by atoms with E-state index in [-0.39, 0.29) is 0 Å². The van der Waals surface area contributed by atoms with Crippen molar-refractivity contribution < 1.29 is 0 Å². The summed E-state index contributed by atoms with van der Waals surface area (Å²) in [5, 5.41) is 0. The van der Waals surface area contributed by atoms with Crippen molar-refractivity contribution in [2.24, 2.45) is 11.8 Å². The largest absolute Gasteiger partial charge is 0.0891 e. The van der Waals surface area contributed by atoms with E-state index < -0.39 is 0 Å². The van der Waals surface area contributed by atoms with Crippen molar-refractivity contribution in [3.8, 4) is 0 Å². The molecular formula is C10H21Br. The van der Waals surface area contributed by atoms with Crippen molar-refractivity contribution in [2.75, 3.05) is 0 Å². The summed E-state index contributed by atoms with van der Waals surface area (Å²) in [6.07, 6.45) is 3.99. The van der Waals surface area contributed by atoms with Gasteiger partial charge in [-0.05, 0) is 31.1 Å². The molecule has 0 nitrogen and oxygen atoms in total. The van der Waals surface area contributed by atoms with Gasteiger partial charge in [0.25, 0.3) is 0 Å². The van der Waals surface area contributed by atoms with Gasteiger partial charge in [-0.1, -0.05) is 43.6 Å². The lowest BCUT2D eigenvalue weighted by Crippen LogP contribution is -2.04. The van der Waals surface area contributed by atoms with Crippen molar-refractivity contribution >= 4 is 15.9 Å². The number of halogens is 1. The first kappa shape index (κ1) is 11.5. The summed E-state index contributed by atoms with van der Waals surface area (Å²) in [7, 11) is 0. The Bertz CT molecular complexity index is 86.9. The lowest BCUT2D eigenvalue weighted by atomic mass is 10.0. The quantitative estimate of drug-likeness (QED) is 0.609. The summed E-state index contributed by atoms with van der Waals surface area (Å²) in [6, 6.07) is 0. The molecule has 0 saturated carbocycles. The molecule has 0 rings (SSSR count). The van der Waals surface area contributed by atoms with Crippen molar-refractivity contribution in [3.05, 3.63) is 0 Å². The molecule has 0 heterocycles. The summed E-state index contributed by atoms with van der Waals surface area (Å²) in [5.41, 5.74) is 0. The molecule has 11 heavy (non-hydrogen) atoms. The van der Waals surface area contributed by atoms with Gasteiger partial charge < -0.3 is 0 Å². The van der Waals surface area contributed by atoms with Crippen LogP contribution in [0, 0.1) is 11.8 Å². The Labute approximate surface area is 79.9 Å². The van der Waals surface area contributed by atoms with Crippen molar-refractivity contribution in [1.29, 1.82) is 0 Å². The average Bonchev–Trinajstić information content (AvgIpc) is 1.82. The van der Waals surface area contributed by atoms with Crippen LogP contribution in [0.2, 0.25) is 0 Å². The average molecular weight is 221 g/mol. The SMILES string of the molecule is CC(C)CCC(Br)CC(C)C. The third kappa shape index (κ3) is 8.39. The predicted octanol–water partition coefficient (Wildman–Crippen LogP) is 4.23. The molecule has 0 saturated heterocycles. The summed E-state index contributed by atoms with van der Waals surface area (Å²) in [5.74, 6) is 1.67. The number of hydrogen-bond donors (Lipinski definition) is 0. The van der Waals surface area contributed by atoms with Crippen LogP contribution in [0.25, 0.3) is 0 Å². The minimum Gasteiger partial charge on any atom is -0.0891 e. The highest BCUT2D eigenvalue weighted by Gasteiger charge is 2.07. The van der Waals surface area contributed by atoms with Crippen LogP contribution in [0.3, 0.4) is 0 Å². The monoisotopic (exact) mass is 220 g/mol. The van der Waals surface area contributed by atoms with E-state index in [0.29, 0.717) is 0 Å².